The number of carbonyl (C=O) groups excluding carboxylic acids is 1. The van der Waals surface area contributed by atoms with Gasteiger partial charge in [-0.1, -0.05) is 12.8 Å². The van der Waals surface area contributed by atoms with Gasteiger partial charge in [0, 0.05) is 38.7 Å². The van der Waals surface area contributed by atoms with E-state index in [2.05, 4.69) is 25.0 Å². The van der Waals surface area contributed by atoms with Crippen LogP contribution >= 0.6 is 0 Å². The zero-order valence-electron chi connectivity index (χ0n) is 14.3. The first-order valence-corrected chi connectivity index (χ1v) is 8.99. The highest BCUT2D eigenvalue weighted by Gasteiger charge is 2.25. The van der Waals surface area contributed by atoms with Crippen LogP contribution in [0.4, 0.5) is 5.82 Å². The van der Waals surface area contributed by atoms with Gasteiger partial charge in [0.2, 0.25) is 5.91 Å². The largest absolute Gasteiger partial charge is 0.353 e. The molecule has 4 rings (SSSR count). The molecule has 2 aliphatic rings. The Balaban J connectivity index is 1.35. The Morgan fingerprint density at radius 1 is 1.04 bits per heavy atom. The Labute approximate surface area is 146 Å². The maximum absolute atomic E-state index is 12.5. The van der Waals surface area contributed by atoms with Gasteiger partial charge in [0.05, 0.1) is 0 Å². The van der Waals surface area contributed by atoms with E-state index in [9.17, 15) is 4.79 Å². The Hall–Kier alpha value is -2.51. The zero-order chi connectivity index (χ0) is 17.1. The molecule has 1 aliphatic carbocycles. The van der Waals surface area contributed by atoms with Crippen molar-refractivity contribution in [1.29, 1.82) is 0 Å². The van der Waals surface area contributed by atoms with Gasteiger partial charge < -0.3 is 9.80 Å². The molecule has 1 saturated carbocycles. The molecule has 1 aliphatic heterocycles. The Bertz CT molecular complexity index is 704. The second kappa shape index (κ2) is 7.16. The van der Waals surface area contributed by atoms with E-state index in [0.717, 1.165) is 38.4 Å². The van der Waals surface area contributed by atoms with Crippen molar-refractivity contribution in [2.45, 2.75) is 32.1 Å². The molecular weight excluding hydrogens is 318 g/mol. The van der Waals surface area contributed by atoms with Gasteiger partial charge in [0.15, 0.2) is 5.82 Å². The lowest BCUT2D eigenvalue weighted by Crippen LogP contribution is -2.49. The van der Waals surface area contributed by atoms with Crippen molar-refractivity contribution in [3.8, 4) is 5.82 Å². The van der Waals surface area contributed by atoms with Gasteiger partial charge in [0.25, 0.3) is 0 Å². The molecule has 25 heavy (non-hydrogen) atoms. The van der Waals surface area contributed by atoms with Crippen LogP contribution in [0.1, 0.15) is 32.1 Å². The summed E-state index contributed by atoms with van der Waals surface area (Å²) in [5.74, 6) is 2.49. The van der Waals surface area contributed by atoms with E-state index in [0.29, 0.717) is 17.6 Å². The van der Waals surface area contributed by atoms with E-state index in [1.165, 1.54) is 32.0 Å². The Morgan fingerprint density at radius 2 is 1.80 bits per heavy atom. The molecule has 3 heterocycles. The summed E-state index contributed by atoms with van der Waals surface area (Å²) in [5, 5.41) is 4.10. The number of anilines is 1. The van der Waals surface area contributed by atoms with Crippen LogP contribution < -0.4 is 4.90 Å². The molecule has 0 atom stereocenters. The van der Waals surface area contributed by atoms with Crippen molar-refractivity contribution < 1.29 is 4.79 Å². The minimum Gasteiger partial charge on any atom is -0.353 e. The van der Waals surface area contributed by atoms with Crippen LogP contribution in [0.2, 0.25) is 0 Å². The van der Waals surface area contributed by atoms with E-state index >= 15 is 0 Å². The number of piperazine rings is 1. The molecule has 0 aromatic carbocycles. The van der Waals surface area contributed by atoms with Gasteiger partial charge in [-0.15, -0.1) is 0 Å². The summed E-state index contributed by atoms with van der Waals surface area (Å²) >= 11 is 0. The van der Waals surface area contributed by atoms with Crippen LogP contribution in [-0.2, 0) is 4.79 Å². The average molecular weight is 341 g/mol. The molecule has 0 radical (unpaired) electrons. The highest BCUT2D eigenvalue weighted by molar-refractivity contribution is 5.76. The van der Waals surface area contributed by atoms with Gasteiger partial charge in [-0.25, -0.2) is 19.6 Å². The average Bonchev–Trinajstić information content (AvgIpc) is 3.36. The lowest BCUT2D eigenvalue weighted by molar-refractivity contribution is -0.132. The minimum absolute atomic E-state index is 0.317. The van der Waals surface area contributed by atoms with Gasteiger partial charge in [-0.3, -0.25) is 4.79 Å². The first-order chi connectivity index (χ1) is 12.3. The third kappa shape index (κ3) is 3.62. The third-order valence-corrected chi connectivity index (χ3v) is 5.19. The fourth-order valence-electron chi connectivity index (χ4n) is 3.74. The summed E-state index contributed by atoms with van der Waals surface area (Å²) in [6.07, 6.45) is 10.4. The van der Waals surface area contributed by atoms with Crippen molar-refractivity contribution in [3.63, 3.8) is 0 Å². The fraction of sp³-hybridized carbons (Fsp3) is 0.588. The second-order valence-corrected chi connectivity index (χ2v) is 6.80. The molecule has 1 saturated heterocycles. The van der Waals surface area contributed by atoms with Crippen LogP contribution in [0.3, 0.4) is 0 Å². The fourth-order valence-corrected chi connectivity index (χ4v) is 3.74. The first kappa shape index (κ1) is 16.0. The minimum atomic E-state index is 0.317. The van der Waals surface area contributed by atoms with Gasteiger partial charge >= 0.3 is 0 Å². The van der Waals surface area contributed by atoms with E-state index in [4.69, 9.17) is 0 Å². The van der Waals surface area contributed by atoms with E-state index < -0.39 is 0 Å². The second-order valence-electron chi connectivity index (χ2n) is 6.80. The Kier molecular flexibility index (Phi) is 4.58. The lowest BCUT2D eigenvalue weighted by atomic mass is 10.0. The number of hydrogen-bond acceptors (Lipinski definition) is 6. The maximum Gasteiger partial charge on any atom is 0.222 e. The van der Waals surface area contributed by atoms with E-state index in [-0.39, 0.29) is 0 Å². The molecule has 1 amide bonds. The predicted molar refractivity (Wildman–Crippen MR) is 92.3 cm³/mol. The van der Waals surface area contributed by atoms with Crippen molar-refractivity contribution in [2.24, 2.45) is 5.92 Å². The normalized spacial score (nSPS) is 18.7. The van der Waals surface area contributed by atoms with Crippen molar-refractivity contribution in [3.05, 3.63) is 25.0 Å². The van der Waals surface area contributed by atoms with Crippen LogP contribution in [0.25, 0.3) is 5.82 Å². The molecule has 8 nitrogen and oxygen atoms in total. The molecule has 2 aromatic heterocycles. The summed E-state index contributed by atoms with van der Waals surface area (Å²) in [5.41, 5.74) is 0. The topological polar surface area (TPSA) is 80.0 Å². The quantitative estimate of drug-likeness (QED) is 0.833. The lowest BCUT2D eigenvalue weighted by Gasteiger charge is -2.35. The molecule has 0 unspecified atom stereocenters. The van der Waals surface area contributed by atoms with Crippen molar-refractivity contribution in [2.75, 3.05) is 31.1 Å². The van der Waals surface area contributed by atoms with Crippen LogP contribution in [0.5, 0.6) is 0 Å². The summed E-state index contributed by atoms with van der Waals surface area (Å²) in [7, 11) is 0. The summed E-state index contributed by atoms with van der Waals surface area (Å²) < 4.78 is 1.62. The van der Waals surface area contributed by atoms with E-state index in [1.54, 1.807) is 17.3 Å². The molecule has 2 fully saturated rings. The van der Waals surface area contributed by atoms with Crippen molar-refractivity contribution in [1.82, 2.24) is 29.6 Å². The highest BCUT2D eigenvalue weighted by atomic mass is 16.2. The number of rotatable bonds is 4. The summed E-state index contributed by atoms with van der Waals surface area (Å²) in [4.78, 5) is 29.2. The Morgan fingerprint density at radius 3 is 2.52 bits per heavy atom. The number of carbonyl (C=O) groups is 1. The summed E-state index contributed by atoms with van der Waals surface area (Å²) in [6, 6.07) is 1.91. The standard InChI is InChI=1S/C17H23N7O/c25-17(9-14-3-1-2-4-14)23-7-5-22(6-8-23)15-10-16(20-12-19-15)24-13-18-11-21-24/h10-14H,1-9H2. The zero-order valence-corrected chi connectivity index (χ0v) is 14.3. The number of nitrogens with zero attached hydrogens (tertiary/aromatic N) is 7. The van der Waals surface area contributed by atoms with Crippen molar-refractivity contribution >= 4 is 11.7 Å². The SMILES string of the molecule is O=C(CC1CCCC1)N1CCN(c2cc(-n3cncn3)ncn2)CC1. The predicted octanol–water partition coefficient (Wildman–Crippen LogP) is 1.29. The maximum atomic E-state index is 12.5. The number of hydrogen-bond donors (Lipinski definition) is 0. The van der Waals surface area contributed by atoms with Gasteiger partial charge in [-0.05, 0) is 18.8 Å². The summed E-state index contributed by atoms with van der Waals surface area (Å²) in [6.45, 7) is 3.11. The molecule has 0 spiro atoms. The third-order valence-electron chi connectivity index (χ3n) is 5.19. The monoisotopic (exact) mass is 341 g/mol. The highest BCUT2D eigenvalue weighted by Crippen LogP contribution is 2.28. The number of aromatic nitrogens is 5. The molecule has 8 heteroatoms. The molecule has 0 N–H and O–H groups in total. The smallest absolute Gasteiger partial charge is 0.222 e. The number of amides is 1. The van der Waals surface area contributed by atoms with Gasteiger partial charge in [0.1, 0.15) is 24.8 Å². The molecule has 0 bridgehead atoms. The molecule has 2 aromatic rings. The first-order valence-electron chi connectivity index (χ1n) is 8.99. The van der Waals surface area contributed by atoms with Gasteiger partial charge in [-0.2, -0.15) is 5.10 Å². The molecule has 132 valence electrons. The van der Waals surface area contributed by atoms with E-state index in [1.807, 2.05) is 11.0 Å². The molecular formula is C17H23N7O. The van der Waals surface area contributed by atoms with Crippen LogP contribution in [-0.4, -0.2) is 61.7 Å². The van der Waals surface area contributed by atoms with Crippen LogP contribution in [0.15, 0.2) is 25.0 Å². The van der Waals surface area contributed by atoms with Crippen LogP contribution in [0, 0.1) is 5.92 Å².